The van der Waals surface area contributed by atoms with Gasteiger partial charge in [-0.2, -0.15) is 0 Å². The van der Waals surface area contributed by atoms with Crippen molar-refractivity contribution in [3.05, 3.63) is 435 Å². The van der Waals surface area contributed by atoms with Crippen molar-refractivity contribution in [3.63, 3.8) is 0 Å². The molecule has 22 aromatic rings. The zero-order chi connectivity index (χ0) is 73.1. The molecule has 2 aromatic heterocycles. The summed E-state index contributed by atoms with van der Waals surface area (Å²) in [5.41, 5.74) is 27.3. The molecule has 0 saturated heterocycles. The van der Waals surface area contributed by atoms with E-state index in [1.54, 1.807) is 0 Å². The first-order chi connectivity index (χ1) is 55.1. The molecular weight excluding hydrogens is 1340 g/mol. The summed E-state index contributed by atoms with van der Waals surface area (Å²) < 4.78 is 13.8. The lowest BCUT2D eigenvalue weighted by Crippen LogP contribution is -2.28. The first-order valence-corrected chi connectivity index (χ1v) is 38.4. The van der Waals surface area contributed by atoms with Crippen LogP contribution in [0.1, 0.15) is 22.3 Å². The van der Waals surface area contributed by atoms with Gasteiger partial charge in [-0.15, -0.1) is 0 Å². The zero-order valence-electron chi connectivity index (χ0n) is 60.6. The van der Waals surface area contributed by atoms with Gasteiger partial charge in [-0.25, -0.2) is 0 Å². The van der Waals surface area contributed by atoms with E-state index in [0.717, 1.165) is 66.1 Å². The lowest BCUT2D eigenvalue weighted by Gasteiger charge is -2.34. The smallest absolute Gasteiger partial charge is 0.144 e. The van der Waals surface area contributed by atoms with Gasteiger partial charge in [0.1, 0.15) is 22.3 Å². The second kappa shape index (κ2) is 25.9. The molecule has 2 nitrogen and oxygen atoms in total. The third-order valence-corrected chi connectivity index (χ3v) is 23.6. The number of hydrogen-bond acceptors (Lipinski definition) is 2. The van der Waals surface area contributed by atoms with Gasteiger partial charge in [0.2, 0.25) is 0 Å². The molecule has 2 heterocycles. The molecule has 0 radical (unpaired) electrons. The van der Waals surface area contributed by atoms with Gasteiger partial charge in [0, 0.05) is 32.7 Å². The van der Waals surface area contributed by atoms with Crippen molar-refractivity contribution < 1.29 is 8.83 Å². The first-order valence-electron chi connectivity index (χ1n) is 38.4. The third kappa shape index (κ3) is 10.0. The Morgan fingerprint density at radius 1 is 0.171 bits per heavy atom. The zero-order valence-corrected chi connectivity index (χ0v) is 60.6. The standard InChI is InChI=1S/C61H38O.C48H30O/c1-4-19-41(20-5-1)55-46-26-12-14-28-48(46)56(49-29-15-13-27-47(49)55)42-34-32-40(33-35-42)51-38-53-59(60-57(51)50-30-16-17-31-54(50)62-60)58-45-25-11-10-18-39(45)36-37-52(58)61(53,43-21-6-2-7-22-43)44-23-8-3-9-24-44;1-2-13-33(14-3-1)45-39-16-6-8-18-41(39)46(42-19-9-7-17-40(42)45)34-25-23-32(24-26-34)37-28-29-38(36-27-22-31-12-4-5-15-35(31)30-36)48-47(37)43-20-10-11-21-44(43)49-48/h1-38H;1-30H. The highest BCUT2D eigenvalue weighted by atomic mass is 16.3. The second-order valence-corrected chi connectivity index (χ2v) is 29.4. The topological polar surface area (TPSA) is 26.3 Å². The van der Waals surface area contributed by atoms with Crippen LogP contribution in [0.25, 0.3) is 198 Å². The molecule has 1 aliphatic rings. The van der Waals surface area contributed by atoms with Crippen molar-refractivity contribution >= 4 is 109 Å². The minimum absolute atomic E-state index is 0.600. The maximum atomic E-state index is 7.17. The monoisotopic (exact) mass is 1410 g/mol. The maximum Gasteiger partial charge on any atom is 0.144 e. The molecule has 0 saturated carbocycles. The number of fused-ring (bicyclic) bond motifs is 17. The molecule has 1 aliphatic carbocycles. The molecule has 0 bridgehead atoms. The largest absolute Gasteiger partial charge is 0.455 e. The highest BCUT2D eigenvalue weighted by Gasteiger charge is 2.49. The van der Waals surface area contributed by atoms with E-state index < -0.39 is 5.41 Å². The minimum atomic E-state index is -0.600. The van der Waals surface area contributed by atoms with Crippen molar-refractivity contribution in [3.8, 4) is 89.0 Å². The summed E-state index contributed by atoms with van der Waals surface area (Å²) in [5, 5.41) is 19.5. The Labute approximate surface area is 642 Å². The van der Waals surface area contributed by atoms with E-state index in [9.17, 15) is 0 Å². The van der Waals surface area contributed by atoms with Crippen LogP contribution in [-0.4, -0.2) is 0 Å². The molecule has 0 atom stereocenters. The Morgan fingerprint density at radius 2 is 0.505 bits per heavy atom. The van der Waals surface area contributed by atoms with E-state index in [2.05, 4.69) is 406 Å². The molecule has 0 spiro atoms. The van der Waals surface area contributed by atoms with E-state index in [0.29, 0.717) is 0 Å². The van der Waals surface area contributed by atoms with Crippen LogP contribution in [0.15, 0.2) is 421 Å². The number of furan rings is 2. The van der Waals surface area contributed by atoms with Crippen molar-refractivity contribution in [1.29, 1.82) is 0 Å². The summed E-state index contributed by atoms with van der Waals surface area (Å²) in [7, 11) is 0. The fourth-order valence-electron chi connectivity index (χ4n) is 18.8. The summed E-state index contributed by atoms with van der Waals surface area (Å²) in [6.45, 7) is 0. The second-order valence-electron chi connectivity index (χ2n) is 29.4. The van der Waals surface area contributed by atoms with E-state index in [4.69, 9.17) is 8.83 Å². The average Bonchev–Trinajstić information content (AvgIpc) is 1.51. The minimum Gasteiger partial charge on any atom is -0.455 e. The summed E-state index contributed by atoms with van der Waals surface area (Å²) in [6.07, 6.45) is 0. The quantitative estimate of drug-likeness (QED) is 0.135. The van der Waals surface area contributed by atoms with Crippen molar-refractivity contribution in [2.45, 2.75) is 5.41 Å². The lowest BCUT2D eigenvalue weighted by atomic mass is 9.67. The molecule has 0 N–H and O–H groups in total. The molecule has 516 valence electrons. The van der Waals surface area contributed by atoms with E-state index >= 15 is 0 Å². The van der Waals surface area contributed by atoms with E-state index in [1.165, 1.54) is 154 Å². The Kier molecular flexibility index (Phi) is 14.9. The lowest BCUT2D eigenvalue weighted by molar-refractivity contribution is 0.669. The summed E-state index contributed by atoms with van der Waals surface area (Å²) >= 11 is 0. The maximum absolute atomic E-state index is 7.17. The van der Waals surface area contributed by atoms with Gasteiger partial charge in [-0.3, -0.25) is 0 Å². The Balaban J connectivity index is 0.000000140. The number of rotatable bonds is 9. The van der Waals surface area contributed by atoms with Crippen molar-refractivity contribution in [2.75, 3.05) is 0 Å². The van der Waals surface area contributed by atoms with Crippen LogP contribution in [0, 0.1) is 0 Å². The van der Waals surface area contributed by atoms with Gasteiger partial charge < -0.3 is 8.83 Å². The van der Waals surface area contributed by atoms with Crippen LogP contribution in [0.2, 0.25) is 0 Å². The van der Waals surface area contributed by atoms with Gasteiger partial charge in [-0.1, -0.05) is 382 Å². The third-order valence-electron chi connectivity index (χ3n) is 23.6. The number of benzene rings is 20. The van der Waals surface area contributed by atoms with Crippen molar-refractivity contribution in [2.24, 2.45) is 0 Å². The van der Waals surface area contributed by atoms with Gasteiger partial charge in [0.05, 0.1) is 5.41 Å². The van der Waals surface area contributed by atoms with Crippen LogP contribution in [0.4, 0.5) is 0 Å². The fourth-order valence-corrected chi connectivity index (χ4v) is 18.8. The summed E-state index contributed by atoms with van der Waals surface area (Å²) in [4.78, 5) is 0. The summed E-state index contributed by atoms with van der Waals surface area (Å²) in [6, 6.07) is 150. The highest BCUT2D eigenvalue weighted by Crippen LogP contribution is 2.62. The van der Waals surface area contributed by atoms with Crippen LogP contribution in [0.3, 0.4) is 0 Å². The Morgan fingerprint density at radius 3 is 0.982 bits per heavy atom. The molecule has 0 amide bonds. The molecule has 111 heavy (non-hydrogen) atoms. The number of hydrogen-bond donors (Lipinski definition) is 0. The molecule has 0 fully saturated rings. The van der Waals surface area contributed by atoms with Gasteiger partial charge >= 0.3 is 0 Å². The molecule has 20 aromatic carbocycles. The first kappa shape index (κ1) is 63.8. The molecule has 0 aliphatic heterocycles. The Hall–Kier alpha value is -14.4. The SMILES string of the molecule is c1ccc(-c2c3ccccc3c(-c3ccc(-c4cc5c(c6oc7ccccc7c46)-c4c(ccc6ccccc46)C5(c4ccccc4)c4ccccc4)cc3)c3ccccc23)cc1.c1ccc(-c2c3ccccc3c(-c3ccc(-c4ccc(-c5ccc6ccccc6c5)c5oc6ccccc6c45)cc3)c3ccccc23)cc1. The van der Waals surface area contributed by atoms with E-state index in [1.807, 2.05) is 6.07 Å². The van der Waals surface area contributed by atoms with Gasteiger partial charge in [-0.05, 0) is 195 Å². The molecule has 23 rings (SSSR count). The van der Waals surface area contributed by atoms with Gasteiger partial charge in [0.25, 0.3) is 0 Å². The molecule has 0 unspecified atom stereocenters. The fraction of sp³-hybridized carbons (Fsp3) is 0.00917. The van der Waals surface area contributed by atoms with Crippen LogP contribution >= 0.6 is 0 Å². The van der Waals surface area contributed by atoms with Crippen molar-refractivity contribution in [1.82, 2.24) is 0 Å². The van der Waals surface area contributed by atoms with E-state index in [-0.39, 0.29) is 0 Å². The van der Waals surface area contributed by atoms with Crippen LogP contribution in [0.5, 0.6) is 0 Å². The Bertz CT molecular complexity index is 7300. The average molecular weight is 1410 g/mol. The summed E-state index contributed by atoms with van der Waals surface area (Å²) in [5.74, 6) is 0. The molecular formula is C109H68O2. The number of para-hydroxylation sites is 2. The van der Waals surface area contributed by atoms with Crippen LogP contribution < -0.4 is 0 Å². The van der Waals surface area contributed by atoms with Crippen LogP contribution in [-0.2, 0) is 5.41 Å². The normalized spacial score (nSPS) is 12.4. The highest BCUT2D eigenvalue weighted by molar-refractivity contribution is 6.25. The predicted octanol–water partition coefficient (Wildman–Crippen LogP) is 30.1. The van der Waals surface area contributed by atoms with Gasteiger partial charge in [0.15, 0.2) is 0 Å². The predicted molar refractivity (Wildman–Crippen MR) is 468 cm³/mol. The molecule has 2 heteroatoms.